The van der Waals surface area contributed by atoms with Crippen LogP contribution in [-0.4, -0.2) is 16.8 Å². The van der Waals surface area contributed by atoms with E-state index in [2.05, 4.69) is 43.1 Å². The van der Waals surface area contributed by atoms with Crippen LogP contribution in [0.3, 0.4) is 0 Å². The summed E-state index contributed by atoms with van der Waals surface area (Å²) in [5.41, 5.74) is 0. The first-order valence-corrected chi connectivity index (χ1v) is 5.34. The second kappa shape index (κ2) is 5.20. The lowest BCUT2D eigenvalue weighted by molar-refractivity contribution is 0.924. The van der Waals surface area contributed by atoms with Gasteiger partial charge in [-0.2, -0.15) is 0 Å². The second-order valence-corrected chi connectivity index (χ2v) is 3.83. The highest BCUT2D eigenvalue weighted by Crippen LogP contribution is 2.11. The van der Waals surface area contributed by atoms with Gasteiger partial charge in [0.25, 0.3) is 0 Å². The Morgan fingerprint density at radius 1 is 1.58 bits per heavy atom. The van der Waals surface area contributed by atoms with Crippen LogP contribution in [0.25, 0.3) is 0 Å². The molecule has 0 aliphatic carbocycles. The van der Waals surface area contributed by atoms with E-state index in [9.17, 15) is 0 Å². The van der Waals surface area contributed by atoms with E-state index in [0.717, 1.165) is 12.2 Å². The topological polar surface area (TPSA) is 12.4 Å². The first kappa shape index (κ1) is 9.59. The van der Waals surface area contributed by atoms with E-state index in [1.165, 1.54) is 5.04 Å². The Morgan fingerprint density at radius 3 is 3.17 bits per heavy atom. The van der Waals surface area contributed by atoms with Gasteiger partial charge in [-0.25, -0.2) is 0 Å². The molecule has 0 saturated heterocycles. The molecule has 1 atom stereocenters. The van der Waals surface area contributed by atoms with Crippen molar-refractivity contribution < 1.29 is 0 Å². The number of hydrogen-bond acceptors (Lipinski definition) is 2. The summed E-state index contributed by atoms with van der Waals surface area (Å²) in [7, 11) is 0. The second-order valence-electron chi connectivity index (χ2n) is 2.74. The molecule has 0 fully saturated rings. The minimum absolute atomic E-state index is 0.329. The fourth-order valence-corrected chi connectivity index (χ4v) is 1.85. The number of hydrogen-bond donors (Lipinski definition) is 0. The Labute approximate surface area is 78.7 Å². The predicted molar refractivity (Wildman–Crippen MR) is 57.9 cm³/mol. The van der Waals surface area contributed by atoms with Crippen molar-refractivity contribution >= 4 is 16.8 Å². The van der Waals surface area contributed by atoms with Crippen molar-refractivity contribution in [3.63, 3.8) is 0 Å². The molecule has 0 saturated carbocycles. The van der Waals surface area contributed by atoms with Gasteiger partial charge in [-0.05, 0) is 13.3 Å². The van der Waals surface area contributed by atoms with Crippen molar-refractivity contribution in [3.8, 4) is 0 Å². The molecule has 2 heteroatoms. The number of rotatable bonds is 1. The molecule has 1 rings (SSSR count). The largest absolute Gasteiger partial charge is 0.276 e. The van der Waals surface area contributed by atoms with E-state index in [-0.39, 0.29) is 0 Å². The number of aliphatic imine (C=N–C) groups is 1. The van der Waals surface area contributed by atoms with Crippen molar-refractivity contribution in [1.29, 1.82) is 0 Å². The van der Waals surface area contributed by atoms with Crippen LogP contribution in [0.1, 0.15) is 20.3 Å². The van der Waals surface area contributed by atoms with Crippen LogP contribution in [0, 0.1) is 0 Å². The zero-order valence-electron chi connectivity index (χ0n) is 7.66. The zero-order valence-corrected chi connectivity index (χ0v) is 8.47. The van der Waals surface area contributed by atoms with Gasteiger partial charge in [0.1, 0.15) is 0 Å². The molecule has 1 aliphatic rings. The fraction of sp³-hybridized carbons (Fsp3) is 0.500. The Bertz CT molecular complexity index is 216. The Balaban J connectivity index is 2.69. The van der Waals surface area contributed by atoms with E-state index in [0.29, 0.717) is 6.04 Å². The molecular formula is C10H15NS. The van der Waals surface area contributed by atoms with Crippen molar-refractivity contribution in [3.05, 3.63) is 24.3 Å². The molecule has 1 unspecified atom stereocenters. The van der Waals surface area contributed by atoms with Crippen molar-refractivity contribution in [2.75, 3.05) is 5.75 Å². The molecule has 0 N–H and O–H groups in total. The van der Waals surface area contributed by atoms with Crippen molar-refractivity contribution in [2.24, 2.45) is 4.99 Å². The lowest BCUT2D eigenvalue weighted by Crippen LogP contribution is -1.98. The van der Waals surface area contributed by atoms with Gasteiger partial charge < -0.3 is 0 Å². The predicted octanol–water partition coefficient (Wildman–Crippen LogP) is 3.04. The van der Waals surface area contributed by atoms with Gasteiger partial charge in [0.15, 0.2) is 0 Å². The molecule has 0 aromatic rings. The summed E-state index contributed by atoms with van der Waals surface area (Å²) in [6.45, 7) is 4.27. The minimum Gasteiger partial charge on any atom is -0.276 e. The smallest absolute Gasteiger partial charge is 0.0683 e. The Kier molecular flexibility index (Phi) is 4.15. The molecule has 1 nitrogen and oxygen atoms in total. The van der Waals surface area contributed by atoms with E-state index in [1.807, 2.05) is 11.8 Å². The van der Waals surface area contributed by atoms with Crippen LogP contribution in [0.15, 0.2) is 29.3 Å². The maximum Gasteiger partial charge on any atom is 0.0683 e. The van der Waals surface area contributed by atoms with Crippen LogP contribution in [-0.2, 0) is 0 Å². The van der Waals surface area contributed by atoms with Crippen LogP contribution in [0.5, 0.6) is 0 Å². The average Bonchev–Trinajstić information content (AvgIpc) is 2.16. The lowest BCUT2D eigenvalue weighted by atomic mass is 10.3. The van der Waals surface area contributed by atoms with Gasteiger partial charge in [-0.15, -0.1) is 11.8 Å². The van der Waals surface area contributed by atoms with Gasteiger partial charge in [0.05, 0.1) is 11.1 Å². The number of thioether (sulfide) groups is 1. The summed E-state index contributed by atoms with van der Waals surface area (Å²) in [6.07, 6.45) is 9.52. The zero-order chi connectivity index (χ0) is 8.81. The van der Waals surface area contributed by atoms with Crippen LogP contribution < -0.4 is 0 Å². The lowest BCUT2D eigenvalue weighted by Gasteiger charge is -2.03. The molecule has 66 valence electrons. The molecule has 0 aromatic carbocycles. The van der Waals surface area contributed by atoms with Gasteiger partial charge in [0.2, 0.25) is 0 Å². The van der Waals surface area contributed by atoms with Crippen LogP contribution in [0.4, 0.5) is 0 Å². The molecule has 1 heterocycles. The standard InChI is InChI=1S/C10H15NS/c1-3-10-11-9(2)7-5-4-6-8-12-10/h4-7,9H,3,8H2,1-2H3/b6-4-,7-5-,11-10?. The number of allylic oxidation sites excluding steroid dienone is 2. The van der Waals surface area contributed by atoms with Crippen LogP contribution in [0.2, 0.25) is 0 Å². The molecule has 0 radical (unpaired) electrons. The first-order chi connectivity index (χ1) is 5.83. The minimum atomic E-state index is 0.329. The summed E-state index contributed by atoms with van der Waals surface area (Å²) in [6, 6.07) is 0.329. The third kappa shape index (κ3) is 3.26. The number of nitrogens with zero attached hydrogens (tertiary/aromatic N) is 1. The maximum atomic E-state index is 4.57. The van der Waals surface area contributed by atoms with Gasteiger partial charge in [-0.3, -0.25) is 4.99 Å². The van der Waals surface area contributed by atoms with E-state index >= 15 is 0 Å². The highest BCUT2D eigenvalue weighted by Gasteiger charge is 1.99. The van der Waals surface area contributed by atoms with E-state index < -0.39 is 0 Å². The quantitative estimate of drug-likeness (QED) is 0.605. The summed E-state index contributed by atoms with van der Waals surface area (Å²) in [5.74, 6) is 1.05. The molecule has 0 spiro atoms. The van der Waals surface area contributed by atoms with Crippen molar-refractivity contribution in [2.45, 2.75) is 26.3 Å². The first-order valence-electron chi connectivity index (χ1n) is 4.35. The highest BCUT2D eigenvalue weighted by molar-refractivity contribution is 8.14. The average molecular weight is 181 g/mol. The summed E-state index contributed by atoms with van der Waals surface area (Å²) >= 11 is 1.84. The third-order valence-corrected chi connectivity index (χ3v) is 2.72. The molecule has 0 amide bonds. The van der Waals surface area contributed by atoms with E-state index in [4.69, 9.17) is 0 Å². The Morgan fingerprint density at radius 2 is 2.42 bits per heavy atom. The fourth-order valence-electron chi connectivity index (χ4n) is 1.00. The third-order valence-electron chi connectivity index (χ3n) is 1.63. The van der Waals surface area contributed by atoms with Gasteiger partial charge >= 0.3 is 0 Å². The van der Waals surface area contributed by atoms with E-state index in [1.54, 1.807) is 0 Å². The van der Waals surface area contributed by atoms with Gasteiger partial charge in [-0.1, -0.05) is 31.2 Å². The van der Waals surface area contributed by atoms with Gasteiger partial charge in [0, 0.05) is 5.75 Å². The summed E-state index contributed by atoms with van der Waals surface area (Å²) in [5, 5.41) is 1.26. The summed E-state index contributed by atoms with van der Waals surface area (Å²) in [4.78, 5) is 4.57. The SMILES string of the molecule is CCC1=NC(C)/C=C\C=C/CS1. The molecule has 12 heavy (non-hydrogen) atoms. The van der Waals surface area contributed by atoms with Crippen LogP contribution >= 0.6 is 11.8 Å². The van der Waals surface area contributed by atoms with Crippen molar-refractivity contribution in [1.82, 2.24) is 0 Å². The molecule has 0 bridgehead atoms. The maximum absolute atomic E-state index is 4.57. The Hall–Kier alpha value is -0.500. The molecule has 0 aromatic heterocycles. The highest BCUT2D eigenvalue weighted by atomic mass is 32.2. The monoisotopic (exact) mass is 181 g/mol. The molecular weight excluding hydrogens is 166 g/mol. The summed E-state index contributed by atoms with van der Waals surface area (Å²) < 4.78 is 0. The normalized spacial score (nSPS) is 29.5. The molecule has 1 aliphatic heterocycles.